The van der Waals surface area contributed by atoms with Crippen LogP contribution in [0, 0.1) is 0 Å². The topological polar surface area (TPSA) is 83.3 Å². The van der Waals surface area contributed by atoms with E-state index in [-0.39, 0.29) is 28.7 Å². The van der Waals surface area contributed by atoms with Crippen molar-refractivity contribution in [3.05, 3.63) is 86.5 Å². The predicted molar refractivity (Wildman–Crippen MR) is 91.5 cm³/mol. The first-order valence-corrected chi connectivity index (χ1v) is 7.49. The summed E-state index contributed by atoms with van der Waals surface area (Å²) in [7, 11) is 0. The lowest BCUT2D eigenvalue weighted by Crippen LogP contribution is -2.14. The molecule has 5 nitrogen and oxygen atoms in total. The Bertz CT molecular complexity index is 1170. The fourth-order valence-electron chi connectivity index (χ4n) is 2.89. The molecule has 0 radical (unpaired) electrons. The largest absolute Gasteiger partial charge is 0.506 e. The summed E-state index contributed by atoms with van der Waals surface area (Å²) in [6, 6.07) is 16.2. The van der Waals surface area contributed by atoms with Crippen molar-refractivity contribution in [3.63, 3.8) is 0 Å². The smallest absolute Gasteiger partial charge is 0.343 e. The summed E-state index contributed by atoms with van der Waals surface area (Å²) in [6.07, 6.45) is 0.192. The molecule has 118 valence electrons. The predicted octanol–water partition coefficient (Wildman–Crippen LogP) is 2.93. The Hall–Kier alpha value is -3.34. The van der Waals surface area contributed by atoms with Crippen LogP contribution in [0.5, 0.6) is 5.75 Å². The van der Waals surface area contributed by atoms with Crippen molar-refractivity contribution >= 4 is 21.9 Å². The molecule has 4 aromatic rings. The van der Waals surface area contributed by atoms with Crippen LogP contribution >= 0.6 is 0 Å². The third-order valence-electron chi connectivity index (χ3n) is 4.06. The van der Waals surface area contributed by atoms with Gasteiger partial charge in [-0.2, -0.15) is 0 Å². The SMILES string of the molecule is O=c1oc2c(c(O)c1Cc1ccccc1)c(=O)[nH]c1ccccc12. The molecule has 0 unspecified atom stereocenters. The van der Waals surface area contributed by atoms with Gasteiger partial charge in [-0.15, -0.1) is 0 Å². The third-order valence-corrected chi connectivity index (χ3v) is 4.06. The Labute approximate surface area is 135 Å². The van der Waals surface area contributed by atoms with E-state index >= 15 is 0 Å². The summed E-state index contributed by atoms with van der Waals surface area (Å²) in [5.74, 6) is -0.322. The van der Waals surface area contributed by atoms with Crippen LogP contribution in [-0.4, -0.2) is 10.1 Å². The normalized spacial score (nSPS) is 11.2. The molecule has 2 N–H and O–H groups in total. The van der Waals surface area contributed by atoms with Crippen molar-refractivity contribution in [2.24, 2.45) is 0 Å². The number of aromatic hydroxyl groups is 1. The van der Waals surface area contributed by atoms with Gasteiger partial charge in [0, 0.05) is 11.8 Å². The lowest BCUT2D eigenvalue weighted by atomic mass is 10.0. The van der Waals surface area contributed by atoms with E-state index in [9.17, 15) is 14.7 Å². The van der Waals surface area contributed by atoms with Gasteiger partial charge in [0.05, 0.1) is 11.1 Å². The molecule has 5 heteroatoms. The molecule has 0 amide bonds. The number of aromatic amines is 1. The minimum absolute atomic E-state index is 0.000712. The second kappa shape index (κ2) is 5.38. The molecule has 0 saturated carbocycles. The molecule has 0 bridgehead atoms. The summed E-state index contributed by atoms with van der Waals surface area (Å²) >= 11 is 0. The van der Waals surface area contributed by atoms with Crippen molar-refractivity contribution in [1.29, 1.82) is 0 Å². The monoisotopic (exact) mass is 319 g/mol. The highest BCUT2D eigenvalue weighted by Crippen LogP contribution is 2.29. The summed E-state index contributed by atoms with van der Waals surface area (Å²) in [6.45, 7) is 0. The number of hydrogen-bond donors (Lipinski definition) is 2. The van der Waals surface area contributed by atoms with E-state index in [1.54, 1.807) is 24.3 Å². The fourth-order valence-corrected chi connectivity index (χ4v) is 2.89. The van der Waals surface area contributed by atoms with Gasteiger partial charge in [0.1, 0.15) is 11.1 Å². The van der Waals surface area contributed by atoms with Gasteiger partial charge in [0.2, 0.25) is 0 Å². The number of aromatic nitrogens is 1. The second-order valence-corrected chi connectivity index (χ2v) is 5.58. The number of nitrogens with one attached hydrogen (secondary N) is 1. The highest BCUT2D eigenvalue weighted by atomic mass is 16.4. The fraction of sp³-hybridized carbons (Fsp3) is 0.0526. The molecule has 2 heterocycles. The van der Waals surface area contributed by atoms with Gasteiger partial charge in [0.25, 0.3) is 5.56 Å². The zero-order chi connectivity index (χ0) is 16.7. The first-order valence-electron chi connectivity index (χ1n) is 7.49. The average Bonchev–Trinajstić information content (AvgIpc) is 2.59. The van der Waals surface area contributed by atoms with E-state index in [0.717, 1.165) is 5.56 Å². The summed E-state index contributed by atoms with van der Waals surface area (Å²) < 4.78 is 5.40. The number of rotatable bonds is 2. The number of H-pyrrole nitrogens is 1. The van der Waals surface area contributed by atoms with Crippen LogP contribution in [0.1, 0.15) is 11.1 Å². The van der Waals surface area contributed by atoms with Crippen LogP contribution in [0.4, 0.5) is 0 Å². The molecule has 2 aromatic carbocycles. The second-order valence-electron chi connectivity index (χ2n) is 5.58. The molecule has 0 fully saturated rings. The van der Waals surface area contributed by atoms with Gasteiger partial charge >= 0.3 is 5.63 Å². The van der Waals surface area contributed by atoms with E-state index in [1.165, 1.54) is 0 Å². The van der Waals surface area contributed by atoms with E-state index in [0.29, 0.717) is 10.9 Å². The van der Waals surface area contributed by atoms with Crippen LogP contribution in [0.2, 0.25) is 0 Å². The van der Waals surface area contributed by atoms with Crippen molar-refractivity contribution in [2.75, 3.05) is 0 Å². The molecule has 0 atom stereocenters. The lowest BCUT2D eigenvalue weighted by molar-refractivity contribution is 0.458. The molecule has 0 aliphatic rings. The summed E-state index contributed by atoms with van der Waals surface area (Å²) in [4.78, 5) is 27.4. The van der Waals surface area contributed by atoms with Crippen LogP contribution in [-0.2, 0) is 6.42 Å². The maximum atomic E-state index is 12.4. The summed E-state index contributed by atoms with van der Waals surface area (Å²) in [5, 5.41) is 11.1. The highest BCUT2D eigenvalue weighted by Gasteiger charge is 2.19. The number of para-hydroxylation sites is 1. The Morgan fingerprint density at radius 2 is 1.67 bits per heavy atom. The van der Waals surface area contributed by atoms with Crippen molar-refractivity contribution in [3.8, 4) is 5.75 Å². The van der Waals surface area contributed by atoms with Gasteiger partial charge < -0.3 is 14.5 Å². The number of pyridine rings is 1. The minimum atomic E-state index is -0.639. The number of fused-ring (bicyclic) bond motifs is 3. The van der Waals surface area contributed by atoms with Gasteiger partial charge in [-0.1, -0.05) is 42.5 Å². The lowest BCUT2D eigenvalue weighted by Gasteiger charge is -2.08. The molecule has 0 aliphatic heterocycles. The Morgan fingerprint density at radius 1 is 0.958 bits per heavy atom. The molecule has 24 heavy (non-hydrogen) atoms. The first kappa shape index (κ1) is 14.3. The van der Waals surface area contributed by atoms with Crippen molar-refractivity contribution in [1.82, 2.24) is 4.98 Å². The molecule has 2 aromatic heterocycles. The van der Waals surface area contributed by atoms with Crippen LogP contribution in [0.3, 0.4) is 0 Å². The van der Waals surface area contributed by atoms with Gasteiger partial charge in [-0.3, -0.25) is 4.79 Å². The maximum absolute atomic E-state index is 12.4. The molecule has 0 spiro atoms. The van der Waals surface area contributed by atoms with Gasteiger partial charge in [-0.25, -0.2) is 4.79 Å². The quantitative estimate of drug-likeness (QED) is 0.556. The average molecular weight is 319 g/mol. The Morgan fingerprint density at radius 3 is 2.46 bits per heavy atom. The summed E-state index contributed by atoms with van der Waals surface area (Å²) in [5.41, 5.74) is 0.451. The molecule has 0 aliphatic carbocycles. The zero-order valence-corrected chi connectivity index (χ0v) is 12.6. The molecular weight excluding hydrogens is 306 g/mol. The first-order chi connectivity index (χ1) is 11.6. The third kappa shape index (κ3) is 2.18. The molecule has 4 rings (SSSR count). The van der Waals surface area contributed by atoms with Crippen molar-refractivity contribution in [2.45, 2.75) is 6.42 Å². The molecular formula is C19H13NO4. The van der Waals surface area contributed by atoms with E-state index in [1.807, 2.05) is 30.3 Å². The van der Waals surface area contributed by atoms with E-state index < -0.39 is 11.2 Å². The van der Waals surface area contributed by atoms with E-state index in [4.69, 9.17) is 4.42 Å². The standard InChI is InChI=1S/C19H13NO4/c21-16-13(10-11-6-2-1-3-7-11)19(23)24-17-12-8-4-5-9-14(12)20-18(22)15(16)17/h1-9,21H,10H2,(H,20,22). The Balaban J connectivity index is 2.05. The van der Waals surface area contributed by atoms with Crippen LogP contribution in [0.25, 0.3) is 21.9 Å². The van der Waals surface area contributed by atoms with E-state index in [2.05, 4.69) is 4.98 Å². The zero-order valence-electron chi connectivity index (χ0n) is 12.6. The number of benzene rings is 2. The highest BCUT2D eigenvalue weighted by molar-refractivity contribution is 6.03. The van der Waals surface area contributed by atoms with Gasteiger partial charge in [-0.05, 0) is 17.7 Å². The molecule has 0 saturated heterocycles. The Kier molecular flexibility index (Phi) is 3.20. The van der Waals surface area contributed by atoms with Crippen molar-refractivity contribution < 1.29 is 9.52 Å². The minimum Gasteiger partial charge on any atom is -0.506 e. The van der Waals surface area contributed by atoms with Crippen LogP contribution in [0.15, 0.2) is 68.6 Å². The number of hydrogen-bond acceptors (Lipinski definition) is 4. The van der Waals surface area contributed by atoms with Gasteiger partial charge in [0.15, 0.2) is 5.58 Å². The maximum Gasteiger partial charge on any atom is 0.343 e. The van der Waals surface area contributed by atoms with Crippen LogP contribution < -0.4 is 11.2 Å².